The number of hydrogen-bond donors (Lipinski definition) is 1. The molecule has 0 spiro atoms. The van der Waals surface area contributed by atoms with Crippen molar-refractivity contribution in [1.82, 2.24) is 4.98 Å². The summed E-state index contributed by atoms with van der Waals surface area (Å²) in [6, 6.07) is 1.87. The minimum Gasteiger partial charge on any atom is -0.396 e. The summed E-state index contributed by atoms with van der Waals surface area (Å²) in [7, 11) is 0. The molecular formula is C10H14ClNO. The molecule has 1 aromatic rings. The molecule has 1 heterocycles. The van der Waals surface area contributed by atoms with Gasteiger partial charge in [0.05, 0.1) is 0 Å². The van der Waals surface area contributed by atoms with Crippen LogP contribution in [-0.2, 0) is 6.42 Å². The molecule has 0 aliphatic carbocycles. The first-order valence-corrected chi connectivity index (χ1v) is 4.78. The van der Waals surface area contributed by atoms with Crippen LogP contribution in [0.5, 0.6) is 0 Å². The Labute approximate surface area is 83.6 Å². The highest BCUT2D eigenvalue weighted by Gasteiger charge is 2.07. The van der Waals surface area contributed by atoms with E-state index in [4.69, 9.17) is 16.7 Å². The lowest BCUT2D eigenvalue weighted by molar-refractivity contribution is 0.299. The molecule has 0 saturated carbocycles. The molecule has 0 bridgehead atoms. The normalized spacial score (nSPS) is 10.8. The molecule has 13 heavy (non-hydrogen) atoms. The van der Waals surface area contributed by atoms with Crippen LogP contribution in [0.3, 0.4) is 0 Å². The van der Waals surface area contributed by atoms with E-state index in [9.17, 15) is 0 Å². The van der Waals surface area contributed by atoms with Gasteiger partial charge in [-0.05, 0) is 29.5 Å². The van der Waals surface area contributed by atoms with Gasteiger partial charge in [-0.1, -0.05) is 25.4 Å². The summed E-state index contributed by atoms with van der Waals surface area (Å²) < 4.78 is 0. The number of aromatic nitrogens is 1. The topological polar surface area (TPSA) is 33.1 Å². The van der Waals surface area contributed by atoms with Crippen molar-refractivity contribution in [1.29, 1.82) is 0 Å². The molecule has 1 aromatic heterocycles. The second kappa shape index (κ2) is 4.58. The molecule has 0 amide bonds. The van der Waals surface area contributed by atoms with E-state index in [2.05, 4.69) is 18.8 Å². The molecule has 1 N–H and O–H groups in total. The summed E-state index contributed by atoms with van der Waals surface area (Å²) in [5.41, 5.74) is 2.26. The van der Waals surface area contributed by atoms with Gasteiger partial charge in [0, 0.05) is 12.8 Å². The maximum absolute atomic E-state index is 8.83. The average molecular weight is 200 g/mol. The van der Waals surface area contributed by atoms with Crippen molar-refractivity contribution in [2.75, 3.05) is 6.61 Å². The molecule has 0 unspecified atom stereocenters. The van der Waals surface area contributed by atoms with E-state index in [-0.39, 0.29) is 6.61 Å². The summed E-state index contributed by atoms with van der Waals surface area (Å²) in [5, 5.41) is 9.35. The monoisotopic (exact) mass is 199 g/mol. The first kappa shape index (κ1) is 10.5. The van der Waals surface area contributed by atoms with Gasteiger partial charge in [0.25, 0.3) is 0 Å². The van der Waals surface area contributed by atoms with Crippen molar-refractivity contribution in [3.8, 4) is 0 Å². The van der Waals surface area contributed by atoms with E-state index < -0.39 is 0 Å². The average Bonchev–Trinajstić information content (AvgIpc) is 2.08. The number of rotatable bonds is 3. The van der Waals surface area contributed by atoms with E-state index >= 15 is 0 Å². The third-order valence-corrected chi connectivity index (χ3v) is 2.20. The van der Waals surface area contributed by atoms with Crippen LogP contribution in [-0.4, -0.2) is 16.7 Å². The van der Waals surface area contributed by atoms with E-state index in [1.54, 1.807) is 6.20 Å². The third kappa shape index (κ3) is 2.68. The number of aliphatic hydroxyl groups is 1. The van der Waals surface area contributed by atoms with Crippen molar-refractivity contribution >= 4 is 11.6 Å². The molecule has 0 saturated heterocycles. The van der Waals surface area contributed by atoms with Crippen LogP contribution in [0, 0.1) is 0 Å². The molecule has 0 aromatic carbocycles. The third-order valence-electron chi connectivity index (χ3n) is 1.99. The van der Waals surface area contributed by atoms with Gasteiger partial charge < -0.3 is 5.11 Å². The smallest absolute Gasteiger partial charge is 0.129 e. The lowest BCUT2D eigenvalue weighted by Crippen LogP contribution is -2.00. The van der Waals surface area contributed by atoms with Gasteiger partial charge in [-0.25, -0.2) is 4.98 Å². The van der Waals surface area contributed by atoms with Crippen LogP contribution < -0.4 is 0 Å². The van der Waals surface area contributed by atoms with Gasteiger partial charge in [0.2, 0.25) is 0 Å². The fraction of sp³-hybridized carbons (Fsp3) is 0.500. The zero-order valence-corrected chi connectivity index (χ0v) is 8.67. The lowest BCUT2D eigenvalue weighted by Gasteiger charge is -2.11. The lowest BCUT2D eigenvalue weighted by atomic mass is 9.98. The van der Waals surface area contributed by atoms with Crippen molar-refractivity contribution in [3.63, 3.8) is 0 Å². The Kier molecular flexibility index (Phi) is 3.70. The van der Waals surface area contributed by atoms with E-state index in [0.29, 0.717) is 17.5 Å². The van der Waals surface area contributed by atoms with Gasteiger partial charge >= 0.3 is 0 Å². The van der Waals surface area contributed by atoms with Gasteiger partial charge in [0.1, 0.15) is 5.15 Å². The van der Waals surface area contributed by atoms with E-state index in [1.165, 1.54) is 5.56 Å². The Bertz CT molecular complexity index is 286. The maximum Gasteiger partial charge on any atom is 0.129 e. The number of halogens is 1. The summed E-state index contributed by atoms with van der Waals surface area (Å²) in [5.74, 6) is 0.419. The van der Waals surface area contributed by atoms with Crippen LogP contribution in [0.2, 0.25) is 5.15 Å². The highest BCUT2D eigenvalue weighted by molar-refractivity contribution is 6.29. The Balaban J connectivity index is 3.03. The largest absolute Gasteiger partial charge is 0.396 e. The maximum atomic E-state index is 8.83. The number of nitrogens with zero attached hydrogens (tertiary/aromatic N) is 1. The molecule has 2 nitrogen and oxygen atoms in total. The standard InChI is InChI=1S/C10H14ClNO/c1-7(2)9-5-10(11)12-6-8(9)3-4-13/h5-7,13H,3-4H2,1-2H3. The molecule has 0 radical (unpaired) electrons. The first-order chi connectivity index (χ1) is 6.15. The van der Waals surface area contributed by atoms with Crippen molar-refractivity contribution < 1.29 is 5.11 Å². The fourth-order valence-electron chi connectivity index (χ4n) is 1.34. The molecule has 0 aliphatic heterocycles. The Hall–Kier alpha value is -0.600. The summed E-state index contributed by atoms with van der Waals surface area (Å²) in [6.07, 6.45) is 2.39. The molecule has 0 fully saturated rings. The SMILES string of the molecule is CC(C)c1cc(Cl)ncc1CCO. The molecule has 1 rings (SSSR count). The summed E-state index contributed by atoms with van der Waals surface area (Å²) in [4.78, 5) is 4.00. The molecule has 3 heteroatoms. The molecule has 0 aliphatic rings. The van der Waals surface area contributed by atoms with Crippen molar-refractivity contribution in [3.05, 3.63) is 28.5 Å². The number of aliphatic hydroxyl groups excluding tert-OH is 1. The first-order valence-electron chi connectivity index (χ1n) is 4.40. The Morgan fingerprint density at radius 2 is 2.23 bits per heavy atom. The van der Waals surface area contributed by atoms with Crippen LogP contribution in [0.15, 0.2) is 12.3 Å². The van der Waals surface area contributed by atoms with E-state index in [1.807, 2.05) is 6.07 Å². The number of pyridine rings is 1. The molecule has 0 atom stereocenters. The van der Waals surface area contributed by atoms with Gasteiger partial charge in [-0.3, -0.25) is 0 Å². The van der Waals surface area contributed by atoms with Crippen LogP contribution in [0.25, 0.3) is 0 Å². The Morgan fingerprint density at radius 3 is 2.77 bits per heavy atom. The predicted octanol–water partition coefficient (Wildman–Crippen LogP) is 2.39. The fourth-order valence-corrected chi connectivity index (χ4v) is 1.51. The number of hydrogen-bond acceptors (Lipinski definition) is 2. The Morgan fingerprint density at radius 1 is 1.54 bits per heavy atom. The minimum absolute atomic E-state index is 0.156. The van der Waals surface area contributed by atoms with E-state index in [0.717, 1.165) is 5.56 Å². The zero-order valence-electron chi connectivity index (χ0n) is 7.92. The minimum atomic E-state index is 0.156. The molecule has 72 valence electrons. The quantitative estimate of drug-likeness (QED) is 0.759. The van der Waals surface area contributed by atoms with Crippen molar-refractivity contribution in [2.24, 2.45) is 0 Å². The van der Waals surface area contributed by atoms with Crippen LogP contribution in [0.4, 0.5) is 0 Å². The van der Waals surface area contributed by atoms with Crippen molar-refractivity contribution in [2.45, 2.75) is 26.2 Å². The summed E-state index contributed by atoms with van der Waals surface area (Å²) >= 11 is 5.79. The second-order valence-electron chi connectivity index (χ2n) is 3.33. The second-order valence-corrected chi connectivity index (χ2v) is 3.72. The highest BCUT2D eigenvalue weighted by atomic mass is 35.5. The molecular weight excluding hydrogens is 186 g/mol. The predicted molar refractivity (Wildman–Crippen MR) is 54.1 cm³/mol. The van der Waals surface area contributed by atoms with Gasteiger partial charge in [-0.15, -0.1) is 0 Å². The zero-order chi connectivity index (χ0) is 9.84. The van der Waals surface area contributed by atoms with Crippen LogP contribution in [0.1, 0.15) is 30.9 Å². The highest BCUT2D eigenvalue weighted by Crippen LogP contribution is 2.21. The van der Waals surface area contributed by atoms with Gasteiger partial charge in [0.15, 0.2) is 0 Å². The van der Waals surface area contributed by atoms with Crippen LogP contribution >= 0.6 is 11.6 Å². The van der Waals surface area contributed by atoms with Gasteiger partial charge in [-0.2, -0.15) is 0 Å². The summed E-state index contributed by atoms with van der Waals surface area (Å²) in [6.45, 7) is 4.36.